The number of carbonyl (C=O) groups is 1. The zero-order valence-corrected chi connectivity index (χ0v) is 16.7. The van der Waals surface area contributed by atoms with Crippen LogP contribution in [-0.2, 0) is 11.3 Å². The minimum absolute atomic E-state index is 0.151. The van der Waals surface area contributed by atoms with E-state index in [4.69, 9.17) is 16.3 Å². The van der Waals surface area contributed by atoms with E-state index < -0.39 is 0 Å². The lowest BCUT2D eigenvalue weighted by atomic mass is 10.2. The summed E-state index contributed by atoms with van der Waals surface area (Å²) < 4.78 is 7.18. The van der Waals surface area contributed by atoms with Crippen molar-refractivity contribution in [1.82, 2.24) is 19.7 Å². The van der Waals surface area contributed by atoms with Gasteiger partial charge in [-0.1, -0.05) is 41.6 Å². The summed E-state index contributed by atoms with van der Waals surface area (Å²) in [4.78, 5) is 16.2. The summed E-state index contributed by atoms with van der Waals surface area (Å²) in [6, 6.07) is 11.0. The van der Waals surface area contributed by atoms with Gasteiger partial charge in [0.25, 0.3) is 0 Å². The van der Waals surface area contributed by atoms with E-state index in [0.29, 0.717) is 23.2 Å². The second-order valence-electron chi connectivity index (χ2n) is 5.62. The summed E-state index contributed by atoms with van der Waals surface area (Å²) in [5, 5.41) is 12.1. The number of amides is 1. The molecule has 0 saturated heterocycles. The Bertz CT molecular complexity index is 992. The molecule has 0 unspecified atom stereocenters. The number of aromatic nitrogens is 4. The average molecular weight is 416 g/mol. The van der Waals surface area contributed by atoms with Crippen molar-refractivity contribution in [2.75, 3.05) is 18.2 Å². The third-order valence-electron chi connectivity index (χ3n) is 3.72. The number of halogens is 1. The molecule has 144 valence electrons. The Morgan fingerprint density at radius 1 is 1.36 bits per heavy atom. The molecule has 3 rings (SSSR count). The lowest BCUT2D eigenvalue weighted by molar-refractivity contribution is -0.113. The molecule has 1 amide bonds. The van der Waals surface area contributed by atoms with E-state index in [1.807, 2.05) is 28.8 Å². The molecule has 0 aliphatic carbocycles. The Morgan fingerprint density at radius 3 is 2.96 bits per heavy atom. The molecule has 0 spiro atoms. The number of anilines is 1. The fourth-order valence-corrected chi connectivity index (χ4v) is 3.37. The summed E-state index contributed by atoms with van der Waals surface area (Å²) in [5.41, 5.74) is 1.34. The van der Waals surface area contributed by atoms with Gasteiger partial charge in [0.1, 0.15) is 5.75 Å². The largest absolute Gasteiger partial charge is 0.497 e. The molecule has 0 atom stereocenters. The quantitative estimate of drug-likeness (QED) is 0.341. The molecule has 0 radical (unpaired) electrons. The maximum Gasteiger partial charge on any atom is 0.234 e. The SMILES string of the molecule is C=CCn1c(SCC(=O)Nc2cccnc2Cl)nnc1-c1cccc(OC)c1. The number of allylic oxidation sites excluding steroid dienone is 1. The van der Waals surface area contributed by atoms with Crippen LogP contribution in [0.1, 0.15) is 0 Å². The lowest BCUT2D eigenvalue weighted by Crippen LogP contribution is -2.15. The van der Waals surface area contributed by atoms with Gasteiger partial charge in [-0.3, -0.25) is 9.36 Å². The topological polar surface area (TPSA) is 81.9 Å². The highest BCUT2D eigenvalue weighted by Gasteiger charge is 2.16. The van der Waals surface area contributed by atoms with E-state index in [1.54, 1.807) is 31.5 Å². The zero-order valence-electron chi connectivity index (χ0n) is 15.1. The number of benzene rings is 1. The molecule has 0 fully saturated rings. The lowest BCUT2D eigenvalue weighted by Gasteiger charge is -2.09. The van der Waals surface area contributed by atoms with E-state index in [-0.39, 0.29) is 16.8 Å². The van der Waals surface area contributed by atoms with Gasteiger partial charge in [-0.25, -0.2) is 4.98 Å². The molecule has 1 aromatic carbocycles. The number of thioether (sulfide) groups is 1. The minimum Gasteiger partial charge on any atom is -0.497 e. The highest BCUT2D eigenvalue weighted by Crippen LogP contribution is 2.27. The van der Waals surface area contributed by atoms with Gasteiger partial charge in [0.2, 0.25) is 5.91 Å². The predicted molar refractivity (Wildman–Crippen MR) is 111 cm³/mol. The number of nitrogens with zero attached hydrogens (tertiary/aromatic N) is 4. The van der Waals surface area contributed by atoms with Crippen LogP contribution in [0.2, 0.25) is 5.15 Å². The van der Waals surface area contributed by atoms with Crippen molar-refractivity contribution in [3.05, 3.63) is 60.4 Å². The average Bonchev–Trinajstić information content (AvgIpc) is 3.11. The molecule has 1 N–H and O–H groups in total. The molecule has 0 aliphatic rings. The zero-order chi connectivity index (χ0) is 19.9. The van der Waals surface area contributed by atoms with Gasteiger partial charge >= 0.3 is 0 Å². The standard InChI is InChI=1S/C19H18ClN5O2S/c1-3-10-25-18(13-6-4-7-14(11-13)27-2)23-24-19(25)28-12-16(26)22-15-8-5-9-21-17(15)20/h3-9,11H,1,10,12H2,2H3,(H,22,26). The van der Waals surface area contributed by atoms with Crippen LogP contribution < -0.4 is 10.1 Å². The third kappa shape index (κ3) is 4.71. The van der Waals surface area contributed by atoms with Crippen molar-refractivity contribution in [2.45, 2.75) is 11.7 Å². The molecule has 28 heavy (non-hydrogen) atoms. The van der Waals surface area contributed by atoms with E-state index >= 15 is 0 Å². The maximum absolute atomic E-state index is 12.3. The Kier molecular flexibility index (Phi) is 6.67. The third-order valence-corrected chi connectivity index (χ3v) is 4.99. The summed E-state index contributed by atoms with van der Waals surface area (Å²) >= 11 is 7.25. The first kappa shape index (κ1) is 19.9. The number of hydrogen-bond acceptors (Lipinski definition) is 6. The first-order valence-electron chi connectivity index (χ1n) is 8.34. The fourth-order valence-electron chi connectivity index (χ4n) is 2.46. The Balaban J connectivity index is 1.75. The number of methoxy groups -OCH3 is 1. The van der Waals surface area contributed by atoms with Gasteiger partial charge in [-0.05, 0) is 24.3 Å². The van der Waals surface area contributed by atoms with Gasteiger partial charge < -0.3 is 10.1 Å². The maximum atomic E-state index is 12.3. The first-order valence-corrected chi connectivity index (χ1v) is 9.70. The number of pyridine rings is 1. The van der Waals surface area contributed by atoms with Crippen LogP contribution in [-0.4, -0.2) is 38.5 Å². The van der Waals surface area contributed by atoms with Gasteiger partial charge in [0.05, 0.1) is 18.6 Å². The molecule has 3 aromatic rings. The van der Waals surface area contributed by atoms with Crippen LogP contribution >= 0.6 is 23.4 Å². The van der Waals surface area contributed by atoms with Crippen molar-refractivity contribution in [2.24, 2.45) is 0 Å². The number of hydrogen-bond donors (Lipinski definition) is 1. The van der Waals surface area contributed by atoms with Gasteiger partial charge in [-0.15, -0.1) is 16.8 Å². The fraction of sp³-hybridized carbons (Fsp3) is 0.158. The number of ether oxygens (including phenoxy) is 1. The molecule has 0 aliphatic heterocycles. The van der Waals surface area contributed by atoms with Gasteiger partial charge in [0.15, 0.2) is 16.1 Å². The molecule has 0 bridgehead atoms. The Hall–Kier alpha value is -2.84. The monoisotopic (exact) mass is 415 g/mol. The van der Waals surface area contributed by atoms with Crippen molar-refractivity contribution in [3.8, 4) is 17.1 Å². The van der Waals surface area contributed by atoms with Crippen molar-refractivity contribution in [3.63, 3.8) is 0 Å². The summed E-state index contributed by atoms with van der Waals surface area (Å²) in [6.45, 7) is 4.31. The van der Waals surface area contributed by atoms with Crippen LogP contribution in [0.3, 0.4) is 0 Å². The Labute approximate surface area is 171 Å². The summed E-state index contributed by atoms with van der Waals surface area (Å²) in [7, 11) is 1.61. The van der Waals surface area contributed by atoms with E-state index in [9.17, 15) is 4.79 Å². The van der Waals surface area contributed by atoms with Crippen LogP contribution in [0.25, 0.3) is 11.4 Å². The van der Waals surface area contributed by atoms with E-state index in [0.717, 1.165) is 11.3 Å². The minimum atomic E-state index is -0.212. The smallest absolute Gasteiger partial charge is 0.234 e. The Morgan fingerprint density at radius 2 is 2.21 bits per heavy atom. The van der Waals surface area contributed by atoms with E-state index in [2.05, 4.69) is 27.1 Å². The van der Waals surface area contributed by atoms with E-state index in [1.165, 1.54) is 11.8 Å². The van der Waals surface area contributed by atoms with Crippen LogP contribution in [0.5, 0.6) is 5.75 Å². The van der Waals surface area contributed by atoms with Crippen LogP contribution in [0, 0.1) is 0 Å². The second-order valence-corrected chi connectivity index (χ2v) is 6.92. The predicted octanol–water partition coefficient (Wildman–Crippen LogP) is 3.92. The molecule has 9 heteroatoms. The van der Waals surface area contributed by atoms with Crippen molar-refractivity contribution < 1.29 is 9.53 Å². The van der Waals surface area contributed by atoms with Crippen LogP contribution in [0.15, 0.2) is 60.4 Å². The number of rotatable bonds is 8. The normalized spacial score (nSPS) is 10.5. The van der Waals surface area contributed by atoms with Crippen molar-refractivity contribution in [1.29, 1.82) is 0 Å². The molecule has 2 aromatic heterocycles. The highest BCUT2D eigenvalue weighted by molar-refractivity contribution is 7.99. The molecular weight excluding hydrogens is 398 g/mol. The summed E-state index contributed by atoms with van der Waals surface area (Å²) in [6.07, 6.45) is 3.32. The van der Waals surface area contributed by atoms with Gasteiger partial charge in [0, 0.05) is 18.3 Å². The summed E-state index contributed by atoms with van der Waals surface area (Å²) in [5.74, 6) is 1.35. The highest BCUT2D eigenvalue weighted by atomic mass is 35.5. The molecular formula is C19H18ClN5O2S. The second kappa shape index (κ2) is 9.38. The molecule has 2 heterocycles. The first-order chi connectivity index (χ1) is 13.6. The molecule has 0 saturated carbocycles. The van der Waals surface area contributed by atoms with Crippen molar-refractivity contribution >= 4 is 35.0 Å². The number of carbonyl (C=O) groups excluding carboxylic acids is 1. The molecule has 7 nitrogen and oxygen atoms in total. The number of nitrogens with one attached hydrogen (secondary N) is 1. The van der Waals surface area contributed by atoms with Crippen LogP contribution in [0.4, 0.5) is 5.69 Å². The van der Waals surface area contributed by atoms with Gasteiger partial charge in [-0.2, -0.15) is 0 Å².